The first kappa shape index (κ1) is 32.0. The first-order valence-corrected chi connectivity index (χ1v) is 15.2. The van der Waals surface area contributed by atoms with E-state index in [2.05, 4.69) is 0 Å². The number of fused-ring (bicyclic) bond motifs is 2. The number of pyridine rings is 1. The molecule has 0 unspecified atom stereocenters. The summed E-state index contributed by atoms with van der Waals surface area (Å²) in [5, 5.41) is 20.2. The third-order valence-electron chi connectivity index (χ3n) is 8.11. The number of para-hydroxylation sites is 1. The van der Waals surface area contributed by atoms with Gasteiger partial charge in [-0.05, 0) is 37.6 Å². The van der Waals surface area contributed by atoms with Gasteiger partial charge in [0.15, 0.2) is 0 Å². The third kappa shape index (κ3) is 6.35. The lowest BCUT2D eigenvalue weighted by molar-refractivity contribution is -0.143. The molecule has 1 aliphatic heterocycles. The summed E-state index contributed by atoms with van der Waals surface area (Å²) in [6, 6.07) is 12.0. The van der Waals surface area contributed by atoms with E-state index in [4.69, 9.17) is 4.74 Å². The highest BCUT2D eigenvalue weighted by Gasteiger charge is 2.27. The van der Waals surface area contributed by atoms with Crippen LogP contribution in [0.2, 0.25) is 0 Å². The average Bonchev–Trinajstić information content (AvgIpc) is 3.39. The van der Waals surface area contributed by atoms with Crippen LogP contribution in [0.3, 0.4) is 0 Å². The molecule has 5 rings (SSSR count). The number of amides is 1. The summed E-state index contributed by atoms with van der Waals surface area (Å²) in [6.45, 7) is 5.43. The molecular weight excluding hydrogens is 593 g/mol. The molecule has 1 amide bonds. The molecular formula is C34H34FN5O6. The molecule has 0 atom stereocenters. The summed E-state index contributed by atoms with van der Waals surface area (Å²) in [5.74, 6) is -2.88. The Morgan fingerprint density at radius 1 is 1.02 bits per heavy atom. The number of carboxylic acid groups (broad SMARTS) is 1. The molecule has 2 aromatic heterocycles. The number of rotatable bonds is 10. The molecule has 0 spiro atoms. The van der Waals surface area contributed by atoms with Crippen molar-refractivity contribution in [3.8, 4) is 6.07 Å². The Hall–Kier alpha value is -5.44. The van der Waals surface area contributed by atoms with Gasteiger partial charge in [0, 0.05) is 67.0 Å². The number of benzene rings is 2. The number of piperazine rings is 1. The van der Waals surface area contributed by atoms with Crippen molar-refractivity contribution in [3.63, 3.8) is 0 Å². The first-order valence-electron chi connectivity index (χ1n) is 15.2. The highest BCUT2D eigenvalue weighted by Crippen LogP contribution is 2.28. The van der Waals surface area contributed by atoms with Gasteiger partial charge in [-0.1, -0.05) is 31.5 Å². The van der Waals surface area contributed by atoms with Crippen molar-refractivity contribution < 1.29 is 28.6 Å². The number of aromatic carboxylic acids is 1. The smallest absolute Gasteiger partial charge is 0.341 e. The number of carbonyl (C=O) groups excluding carboxylic acids is 2. The Morgan fingerprint density at radius 2 is 1.76 bits per heavy atom. The molecule has 238 valence electrons. The monoisotopic (exact) mass is 627 g/mol. The fourth-order valence-corrected chi connectivity index (χ4v) is 5.79. The normalized spacial score (nSPS) is 13.7. The number of carboxylic acids is 1. The quantitative estimate of drug-likeness (QED) is 0.155. The minimum atomic E-state index is -1.37. The predicted molar refractivity (Wildman–Crippen MR) is 171 cm³/mol. The maximum Gasteiger partial charge on any atom is 0.341 e. The van der Waals surface area contributed by atoms with Crippen molar-refractivity contribution in [2.24, 2.45) is 0 Å². The predicted octanol–water partition coefficient (Wildman–Crippen LogP) is 4.41. The minimum absolute atomic E-state index is 0.00141. The number of esters is 1. The van der Waals surface area contributed by atoms with Crippen molar-refractivity contribution in [2.75, 3.05) is 37.7 Å². The van der Waals surface area contributed by atoms with E-state index in [0.717, 1.165) is 29.8 Å². The third-order valence-corrected chi connectivity index (χ3v) is 8.11. The van der Waals surface area contributed by atoms with Crippen LogP contribution in [0.25, 0.3) is 27.9 Å². The van der Waals surface area contributed by atoms with E-state index in [-0.39, 0.29) is 56.0 Å². The van der Waals surface area contributed by atoms with Gasteiger partial charge >= 0.3 is 11.9 Å². The number of nitriles is 1. The molecule has 11 nitrogen and oxygen atoms in total. The highest BCUT2D eigenvalue weighted by atomic mass is 19.1. The Bertz CT molecular complexity index is 1960. The van der Waals surface area contributed by atoms with Gasteiger partial charge in [0.05, 0.1) is 17.8 Å². The van der Waals surface area contributed by atoms with Gasteiger partial charge in [-0.15, -0.1) is 0 Å². The van der Waals surface area contributed by atoms with E-state index in [1.807, 2.05) is 37.3 Å². The van der Waals surface area contributed by atoms with Crippen LogP contribution in [0.15, 0.2) is 59.2 Å². The van der Waals surface area contributed by atoms with Gasteiger partial charge in [-0.25, -0.2) is 9.18 Å². The van der Waals surface area contributed by atoms with Crippen LogP contribution in [0.5, 0.6) is 0 Å². The van der Waals surface area contributed by atoms with E-state index < -0.39 is 34.7 Å². The van der Waals surface area contributed by atoms with E-state index in [0.29, 0.717) is 17.6 Å². The molecule has 1 N–H and O–H groups in total. The van der Waals surface area contributed by atoms with Gasteiger partial charge in [0.2, 0.25) is 5.43 Å². The lowest BCUT2D eigenvalue weighted by atomic mass is 10.1. The Kier molecular flexibility index (Phi) is 9.51. The molecule has 2 aromatic carbocycles. The van der Waals surface area contributed by atoms with Gasteiger partial charge < -0.3 is 28.8 Å². The van der Waals surface area contributed by atoms with Crippen molar-refractivity contribution in [2.45, 2.75) is 39.8 Å². The molecule has 3 heterocycles. The van der Waals surface area contributed by atoms with E-state index in [1.165, 1.54) is 12.3 Å². The number of anilines is 1. The van der Waals surface area contributed by atoms with Gasteiger partial charge in [-0.2, -0.15) is 5.26 Å². The van der Waals surface area contributed by atoms with E-state index in [9.17, 15) is 29.5 Å². The molecule has 0 saturated carbocycles. The first-order chi connectivity index (χ1) is 22.2. The molecule has 12 heteroatoms. The van der Waals surface area contributed by atoms with Crippen molar-refractivity contribution in [3.05, 3.63) is 81.5 Å². The highest BCUT2D eigenvalue weighted by molar-refractivity contribution is 6.04. The number of carbonyl (C=O) groups is 3. The second kappa shape index (κ2) is 13.7. The van der Waals surface area contributed by atoms with Crippen LogP contribution in [0.4, 0.5) is 10.1 Å². The summed E-state index contributed by atoms with van der Waals surface area (Å²) in [4.78, 5) is 53.5. The number of aryl methyl sites for hydroxylation is 1. The fraction of sp³-hybridized carbons (Fsp3) is 0.324. The number of halogens is 1. The zero-order valence-corrected chi connectivity index (χ0v) is 25.7. The largest absolute Gasteiger partial charge is 0.477 e. The number of hydrogen-bond donors (Lipinski definition) is 1. The van der Waals surface area contributed by atoms with Gasteiger partial charge in [0.25, 0.3) is 5.91 Å². The standard InChI is InChI=1S/C34H34FN5O6/c1-3-5-10-39-20-26(34(44)45)32(42)25-16-27(35)30(17-29(25)39)37-11-13-38(14-12-37)33(43)22(18-36)15-23-19-40(21-31(41)46-4-2)28-9-7-6-8-24(23)28/h6-9,15-17,19-20H,3-5,10-14,21H2,1-2H3,(H,44,45)/b22-15+. The molecule has 1 saturated heterocycles. The Labute approximate surface area is 264 Å². The Balaban J connectivity index is 1.38. The molecule has 4 aromatic rings. The van der Waals surface area contributed by atoms with Gasteiger partial charge in [0.1, 0.15) is 29.6 Å². The number of hydrogen-bond acceptors (Lipinski definition) is 7. The second-order valence-electron chi connectivity index (χ2n) is 11.0. The van der Waals surface area contributed by atoms with Crippen LogP contribution >= 0.6 is 0 Å². The molecule has 1 fully saturated rings. The maximum absolute atomic E-state index is 15.4. The van der Waals surface area contributed by atoms with Crippen molar-refractivity contribution >= 4 is 51.4 Å². The summed E-state index contributed by atoms with van der Waals surface area (Å²) >= 11 is 0. The zero-order valence-electron chi connectivity index (χ0n) is 25.7. The molecule has 0 aliphatic carbocycles. The van der Waals surface area contributed by atoms with Crippen LogP contribution in [0, 0.1) is 17.1 Å². The van der Waals surface area contributed by atoms with E-state index >= 15 is 4.39 Å². The lowest BCUT2D eigenvalue weighted by Crippen LogP contribution is -2.49. The summed E-state index contributed by atoms with van der Waals surface area (Å²) in [7, 11) is 0. The summed E-state index contributed by atoms with van der Waals surface area (Å²) < 4.78 is 23.9. The van der Waals surface area contributed by atoms with E-state index in [1.54, 1.807) is 38.1 Å². The minimum Gasteiger partial charge on any atom is -0.477 e. The summed E-state index contributed by atoms with van der Waals surface area (Å²) in [5.41, 5.74) is 0.842. The average molecular weight is 628 g/mol. The summed E-state index contributed by atoms with van der Waals surface area (Å²) in [6.07, 6.45) is 6.12. The second-order valence-corrected chi connectivity index (χ2v) is 11.0. The number of unbranched alkanes of at least 4 members (excludes halogenated alkanes) is 1. The fourth-order valence-electron chi connectivity index (χ4n) is 5.79. The topological polar surface area (TPSA) is 138 Å². The van der Waals surface area contributed by atoms with Crippen molar-refractivity contribution in [1.82, 2.24) is 14.0 Å². The number of aromatic nitrogens is 2. The van der Waals surface area contributed by atoms with Crippen LogP contribution in [0.1, 0.15) is 42.6 Å². The van der Waals surface area contributed by atoms with Crippen LogP contribution < -0.4 is 10.3 Å². The van der Waals surface area contributed by atoms with Crippen LogP contribution in [-0.4, -0.2) is 69.8 Å². The van der Waals surface area contributed by atoms with Crippen LogP contribution in [-0.2, 0) is 27.4 Å². The molecule has 0 radical (unpaired) electrons. The number of nitrogens with zero attached hydrogens (tertiary/aromatic N) is 5. The molecule has 46 heavy (non-hydrogen) atoms. The van der Waals surface area contributed by atoms with Gasteiger partial charge in [-0.3, -0.25) is 14.4 Å². The molecule has 1 aliphatic rings. The zero-order chi connectivity index (χ0) is 33.0. The lowest BCUT2D eigenvalue weighted by Gasteiger charge is -2.36. The molecule has 0 bridgehead atoms. The SMILES string of the molecule is CCCCn1cc(C(=O)O)c(=O)c2cc(F)c(N3CCN(C(=O)/C(C#N)=C/c4cn(CC(=O)OCC)c5ccccc45)CC3)cc21. The van der Waals surface area contributed by atoms with Crippen molar-refractivity contribution in [1.29, 1.82) is 5.26 Å². The number of ether oxygens (including phenoxy) is 1. The Morgan fingerprint density at radius 3 is 2.43 bits per heavy atom. The maximum atomic E-state index is 15.4.